The van der Waals surface area contributed by atoms with Crippen molar-refractivity contribution in [3.05, 3.63) is 35.8 Å². The van der Waals surface area contributed by atoms with Gasteiger partial charge in [-0.05, 0) is 30.8 Å². The predicted molar refractivity (Wildman–Crippen MR) is 79.3 cm³/mol. The number of rotatable bonds is 6. The summed E-state index contributed by atoms with van der Waals surface area (Å²) in [6.07, 6.45) is 2.28. The van der Waals surface area contributed by atoms with E-state index in [2.05, 4.69) is 15.6 Å². The summed E-state index contributed by atoms with van der Waals surface area (Å²) in [6.45, 7) is 3.62. The average Bonchev–Trinajstić information content (AvgIpc) is 2.94. The Morgan fingerprint density at radius 2 is 2.11 bits per heavy atom. The molecule has 2 N–H and O–H groups in total. The standard InChI is InChI=1S/C14H17N3OS/c1-2-15-8-7-13(18)17-12-5-3-11(4-6-12)14-16-9-10-19-14/h3-6,9-10,15H,2,7-8H2,1H3,(H,17,18). The number of carbonyl (C=O) groups excluding carboxylic acids is 1. The molecule has 0 bridgehead atoms. The molecule has 1 amide bonds. The third kappa shape index (κ3) is 4.15. The fourth-order valence-corrected chi connectivity index (χ4v) is 2.31. The number of anilines is 1. The van der Waals surface area contributed by atoms with E-state index in [0.29, 0.717) is 13.0 Å². The van der Waals surface area contributed by atoms with Crippen LogP contribution >= 0.6 is 11.3 Å². The van der Waals surface area contributed by atoms with Crippen LogP contribution in [0, 0.1) is 0 Å². The molecule has 1 aromatic carbocycles. The van der Waals surface area contributed by atoms with Crippen molar-refractivity contribution in [2.45, 2.75) is 13.3 Å². The van der Waals surface area contributed by atoms with Gasteiger partial charge in [0.25, 0.3) is 0 Å². The van der Waals surface area contributed by atoms with Crippen molar-refractivity contribution in [3.8, 4) is 10.6 Å². The van der Waals surface area contributed by atoms with E-state index in [1.54, 1.807) is 17.5 Å². The number of hydrogen-bond donors (Lipinski definition) is 2. The molecule has 0 saturated heterocycles. The van der Waals surface area contributed by atoms with Gasteiger partial charge in [-0.15, -0.1) is 11.3 Å². The van der Waals surface area contributed by atoms with Gasteiger partial charge in [-0.25, -0.2) is 4.98 Å². The molecule has 0 unspecified atom stereocenters. The summed E-state index contributed by atoms with van der Waals surface area (Å²) >= 11 is 1.60. The molecule has 0 aliphatic carbocycles. The van der Waals surface area contributed by atoms with E-state index in [9.17, 15) is 4.79 Å². The van der Waals surface area contributed by atoms with Crippen LogP contribution in [-0.4, -0.2) is 24.0 Å². The number of nitrogens with one attached hydrogen (secondary N) is 2. The molecule has 0 radical (unpaired) electrons. The first kappa shape index (κ1) is 13.7. The summed E-state index contributed by atoms with van der Waals surface area (Å²) in [6, 6.07) is 7.75. The molecule has 2 rings (SSSR count). The highest BCUT2D eigenvalue weighted by Crippen LogP contribution is 2.23. The van der Waals surface area contributed by atoms with Crippen LogP contribution < -0.4 is 10.6 Å². The van der Waals surface area contributed by atoms with Crippen LogP contribution in [0.2, 0.25) is 0 Å². The van der Waals surface area contributed by atoms with Crippen LogP contribution in [0.3, 0.4) is 0 Å². The second-order valence-corrected chi connectivity index (χ2v) is 4.96. The minimum absolute atomic E-state index is 0.0305. The van der Waals surface area contributed by atoms with E-state index >= 15 is 0 Å². The molecule has 4 nitrogen and oxygen atoms in total. The van der Waals surface area contributed by atoms with E-state index in [0.717, 1.165) is 22.8 Å². The molecule has 1 aromatic heterocycles. The number of carbonyl (C=O) groups is 1. The molecule has 0 fully saturated rings. The van der Waals surface area contributed by atoms with Gasteiger partial charge in [0.15, 0.2) is 0 Å². The van der Waals surface area contributed by atoms with Crippen LogP contribution in [0.25, 0.3) is 10.6 Å². The van der Waals surface area contributed by atoms with Crippen LogP contribution in [0.5, 0.6) is 0 Å². The molecule has 1 heterocycles. The number of thiazole rings is 1. The largest absolute Gasteiger partial charge is 0.326 e. The van der Waals surface area contributed by atoms with Gasteiger partial charge in [0, 0.05) is 35.8 Å². The Hall–Kier alpha value is -1.72. The first-order chi connectivity index (χ1) is 9.29. The number of benzene rings is 1. The molecule has 19 heavy (non-hydrogen) atoms. The highest BCUT2D eigenvalue weighted by atomic mass is 32.1. The zero-order valence-electron chi connectivity index (χ0n) is 10.8. The molecule has 0 aliphatic rings. The van der Waals surface area contributed by atoms with E-state index in [-0.39, 0.29) is 5.91 Å². The third-order valence-electron chi connectivity index (χ3n) is 2.63. The molecular formula is C14H17N3OS. The maximum Gasteiger partial charge on any atom is 0.225 e. The lowest BCUT2D eigenvalue weighted by Crippen LogP contribution is -2.21. The third-order valence-corrected chi connectivity index (χ3v) is 3.45. The summed E-state index contributed by atoms with van der Waals surface area (Å²) < 4.78 is 0. The van der Waals surface area contributed by atoms with Gasteiger partial charge >= 0.3 is 0 Å². The van der Waals surface area contributed by atoms with Crippen LogP contribution in [0.4, 0.5) is 5.69 Å². The summed E-state index contributed by atoms with van der Waals surface area (Å²) in [5.41, 5.74) is 1.89. The maximum absolute atomic E-state index is 11.6. The average molecular weight is 275 g/mol. The zero-order chi connectivity index (χ0) is 13.5. The molecule has 100 valence electrons. The monoisotopic (exact) mass is 275 g/mol. The molecule has 0 spiro atoms. The lowest BCUT2D eigenvalue weighted by atomic mass is 10.2. The Balaban J connectivity index is 1.90. The van der Waals surface area contributed by atoms with Gasteiger partial charge in [0.1, 0.15) is 5.01 Å². The van der Waals surface area contributed by atoms with E-state index in [1.807, 2.05) is 36.6 Å². The van der Waals surface area contributed by atoms with Crippen molar-refractivity contribution in [1.82, 2.24) is 10.3 Å². The van der Waals surface area contributed by atoms with Gasteiger partial charge < -0.3 is 10.6 Å². The van der Waals surface area contributed by atoms with Crippen molar-refractivity contribution >= 4 is 22.9 Å². The fraction of sp³-hybridized carbons (Fsp3) is 0.286. The summed E-state index contributed by atoms with van der Waals surface area (Å²) in [5.74, 6) is 0.0305. The van der Waals surface area contributed by atoms with Crippen molar-refractivity contribution in [3.63, 3.8) is 0 Å². The van der Waals surface area contributed by atoms with Crippen LogP contribution in [-0.2, 0) is 4.79 Å². The van der Waals surface area contributed by atoms with Crippen molar-refractivity contribution in [2.75, 3.05) is 18.4 Å². The Morgan fingerprint density at radius 1 is 1.32 bits per heavy atom. The van der Waals surface area contributed by atoms with Crippen LogP contribution in [0.1, 0.15) is 13.3 Å². The second kappa shape index (κ2) is 7.01. The highest BCUT2D eigenvalue weighted by molar-refractivity contribution is 7.13. The molecule has 2 aromatic rings. The number of aromatic nitrogens is 1. The quantitative estimate of drug-likeness (QED) is 0.797. The first-order valence-corrected chi connectivity index (χ1v) is 7.18. The fourth-order valence-electron chi connectivity index (χ4n) is 1.66. The van der Waals surface area contributed by atoms with Crippen LogP contribution in [0.15, 0.2) is 35.8 Å². The Labute approximate surface area is 116 Å². The van der Waals surface area contributed by atoms with Gasteiger partial charge in [0.2, 0.25) is 5.91 Å². The molecular weight excluding hydrogens is 258 g/mol. The second-order valence-electron chi connectivity index (χ2n) is 4.07. The summed E-state index contributed by atoms with van der Waals surface area (Å²) in [7, 11) is 0. The Morgan fingerprint density at radius 3 is 2.74 bits per heavy atom. The van der Waals surface area contributed by atoms with Gasteiger partial charge in [0.05, 0.1) is 0 Å². The Kier molecular flexibility index (Phi) is 5.06. The van der Waals surface area contributed by atoms with Crippen molar-refractivity contribution in [2.24, 2.45) is 0 Å². The minimum Gasteiger partial charge on any atom is -0.326 e. The van der Waals surface area contributed by atoms with E-state index in [1.165, 1.54) is 0 Å². The minimum atomic E-state index is 0.0305. The first-order valence-electron chi connectivity index (χ1n) is 6.30. The number of amides is 1. The SMILES string of the molecule is CCNCCC(=O)Nc1ccc(-c2nccs2)cc1. The van der Waals surface area contributed by atoms with E-state index in [4.69, 9.17) is 0 Å². The van der Waals surface area contributed by atoms with Crippen molar-refractivity contribution < 1.29 is 4.79 Å². The summed E-state index contributed by atoms with van der Waals surface area (Å²) in [5, 5.41) is 8.94. The molecule has 0 saturated carbocycles. The topological polar surface area (TPSA) is 54.0 Å². The highest BCUT2D eigenvalue weighted by Gasteiger charge is 2.03. The number of nitrogens with zero attached hydrogens (tertiary/aromatic N) is 1. The zero-order valence-corrected chi connectivity index (χ0v) is 11.7. The summed E-state index contributed by atoms with van der Waals surface area (Å²) in [4.78, 5) is 15.9. The molecule has 0 aliphatic heterocycles. The smallest absolute Gasteiger partial charge is 0.225 e. The predicted octanol–water partition coefficient (Wildman–Crippen LogP) is 2.75. The lowest BCUT2D eigenvalue weighted by Gasteiger charge is -2.06. The van der Waals surface area contributed by atoms with Crippen molar-refractivity contribution in [1.29, 1.82) is 0 Å². The molecule has 5 heteroatoms. The van der Waals surface area contributed by atoms with Gasteiger partial charge in [-0.3, -0.25) is 4.79 Å². The Bertz CT molecular complexity index is 508. The van der Waals surface area contributed by atoms with Gasteiger partial charge in [-0.2, -0.15) is 0 Å². The maximum atomic E-state index is 11.6. The number of hydrogen-bond acceptors (Lipinski definition) is 4. The van der Waals surface area contributed by atoms with Gasteiger partial charge in [-0.1, -0.05) is 6.92 Å². The lowest BCUT2D eigenvalue weighted by molar-refractivity contribution is -0.116. The normalized spacial score (nSPS) is 10.4. The molecule has 0 atom stereocenters. The van der Waals surface area contributed by atoms with E-state index < -0.39 is 0 Å².